The summed E-state index contributed by atoms with van der Waals surface area (Å²) in [6.45, 7) is 4.37. The molecule has 0 aromatic heterocycles. The lowest BCUT2D eigenvalue weighted by atomic mass is 10.1. The van der Waals surface area contributed by atoms with E-state index in [0.717, 1.165) is 11.3 Å². The van der Waals surface area contributed by atoms with Crippen LogP contribution in [-0.2, 0) is 11.3 Å². The van der Waals surface area contributed by atoms with E-state index in [1.807, 2.05) is 43.3 Å². The van der Waals surface area contributed by atoms with Crippen LogP contribution in [0.5, 0.6) is 11.5 Å². The lowest BCUT2D eigenvalue weighted by Gasteiger charge is -2.22. The number of likely N-dealkylation sites (N-methyl/N-ethyl adjacent to an activating group) is 1. The summed E-state index contributed by atoms with van der Waals surface area (Å²) in [6.07, 6.45) is -0.543. The van der Waals surface area contributed by atoms with Gasteiger partial charge in [-0.3, -0.25) is 4.79 Å². The maximum absolute atomic E-state index is 12.4. The summed E-state index contributed by atoms with van der Waals surface area (Å²) in [5, 5.41) is 0. The lowest BCUT2D eigenvalue weighted by molar-refractivity contribution is -0.137. The molecule has 0 aliphatic heterocycles. The van der Waals surface area contributed by atoms with Crippen LogP contribution in [0.1, 0.15) is 18.1 Å². The molecule has 2 aromatic carbocycles. The molecule has 0 aliphatic carbocycles. The topological polar surface area (TPSA) is 38.8 Å². The van der Waals surface area contributed by atoms with E-state index in [1.54, 1.807) is 38.1 Å². The van der Waals surface area contributed by atoms with E-state index in [9.17, 15) is 4.79 Å². The van der Waals surface area contributed by atoms with Gasteiger partial charge in [-0.25, -0.2) is 0 Å². The summed E-state index contributed by atoms with van der Waals surface area (Å²) in [5.41, 5.74) is 2.31. The number of hydrogen-bond acceptors (Lipinski definition) is 3. The third kappa shape index (κ3) is 4.74. The first kappa shape index (κ1) is 16.9. The Hall–Kier alpha value is -2.49. The van der Waals surface area contributed by atoms with Gasteiger partial charge in [-0.2, -0.15) is 0 Å². The number of benzene rings is 2. The van der Waals surface area contributed by atoms with Gasteiger partial charge >= 0.3 is 0 Å². The van der Waals surface area contributed by atoms with Crippen LogP contribution in [0.4, 0.5) is 0 Å². The van der Waals surface area contributed by atoms with Gasteiger partial charge in [0.2, 0.25) is 0 Å². The first-order chi connectivity index (χ1) is 11.0. The van der Waals surface area contributed by atoms with Crippen LogP contribution in [0.25, 0.3) is 0 Å². The first-order valence-electron chi connectivity index (χ1n) is 7.61. The molecule has 0 N–H and O–H groups in total. The average molecular weight is 313 g/mol. The molecule has 1 unspecified atom stereocenters. The molecule has 0 saturated carbocycles. The Kier molecular flexibility index (Phi) is 5.63. The van der Waals surface area contributed by atoms with Gasteiger partial charge in [-0.15, -0.1) is 0 Å². The van der Waals surface area contributed by atoms with Gasteiger partial charge in [0.05, 0.1) is 7.11 Å². The van der Waals surface area contributed by atoms with Gasteiger partial charge in [-0.1, -0.05) is 29.8 Å². The van der Waals surface area contributed by atoms with Crippen LogP contribution in [0.3, 0.4) is 0 Å². The zero-order valence-electron chi connectivity index (χ0n) is 14.1. The fraction of sp³-hybridized carbons (Fsp3) is 0.316. The molecule has 0 saturated heterocycles. The molecule has 0 bridgehead atoms. The predicted octanol–water partition coefficient (Wildman–Crippen LogP) is 3.43. The van der Waals surface area contributed by atoms with Crippen molar-refractivity contribution in [1.82, 2.24) is 4.90 Å². The number of rotatable bonds is 6. The highest BCUT2D eigenvalue weighted by Crippen LogP contribution is 2.18. The van der Waals surface area contributed by atoms with Crippen LogP contribution < -0.4 is 9.47 Å². The molecule has 0 fully saturated rings. The molecular weight excluding hydrogens is 290 g/mol. The number of hydrogen-bond donors (Lipinski definition) is 0. The van der Waals surface area contributed by atoms with E-state index in [1.165, 1.54) is 5.56 Å². The summed E-state index contributed by atoms with van der Waals surface area (Å²) in [5.74, 6) is 1.35. The summed E-state index contributed by atoms with van der Waals surface area (Å²) in [4.78, 5) is 14.1. The Balaban J connectivity index is 1.93. The smallest absolute Gasteiger partial charge is 0.263 e. The zero-order chi connectivity index (χ0) is 16.8. The summed E-state index contributed by atoms with van der Waals surface area (Å²) in [6, 6.07) is 15.4. The van der Waals surface area contributed by atoms with Crippen LogP contribution in [0.15, 0.2) is 48.5 Å². The standard InChI is InChI=1S/C19H23NO3/c1-14-5-7-16(8-6-14)13-20(3)19(21)15(2)23-18-11-9-17(22-4)10-12-18/h5-12,15H,13H2,1-4H3. The molecule has 0 aliphatic rings. The van der Waals surface area contributed by atoms with Crippen LogP contribution in [-0.4, -0.2) is 31.1 Å². The van der Waals surface area contributed by atoms with Crippen molar-refractivity contribution in [3.8, 4) is 11.5 Å². The molecular formula is C19H23NO3. The van der Waals surface area contributed by atoms with Crippen molar-refractivity contribution < 1.29 is 14.3 Å². The third-order valence-electron chi connectivity index (χ3n) is 3.64. The SMILES string of the molecule is COc1ccc(OC(C)C(=O)N(C)Cc2ccc(C)cc2)cc1. The van der Waals surface area contributed by atoms with E-state index in [0.29, 0.717) is 12.3 Å². The number of carbonyl (C=O) groups is 1. The summed E-state index contributed by atoms with van der Waals surface area (Å²) in [7, 11) is 3.40. The van der Waals surface area contributed by atoms with Crippen LogP contribution in [0.2, 0.25) is 0 Å². The van der Waals surface area contributed by atoms with Gasteiger partial charge in [0.15, 0.2) is 6.10 Å². The number of methoxy groups -OCH3 is 1. The molecule has 1 atom stereocenters. The highest BCUT2D eigenvalue weighted by Gasteiger charge is 2.19. The van der Waals surface area contributed by atoms with Crippen molar-refractivity contribution in [2.24, 2.45) is 0 Å². The Bertz CT molecular complexity index is 635. The Morgan fingerprint density at radius 2 is 1.61 bits per heavy atom. The highest BCUT2D eigenvalue weighted by molar-refractivity contribution is 5.80. The molecule has 1 amide bonds. The average Bonchev–Trinajstić information content (AvgIpc) is 2.56. The molecule has 0 spiro atoms. The number of amides is 1. The van der Waals surface area contributed by atoms with Crippen LogP contribution >= 0.6 is 0 Å². The monoisotopic (exact) mass is 313 g/mol. The summed E-state index contributed by atoms with van der Waals surface area (Å²) < 4.78 is 10.8. The fourth-order valence-corrected chi connectivity index (χ4v) is 2.26. The summed E-state index contributed by atoms with van der Waals surface area (Å²) >= 11 is 0. The molecule has 122 valence electrons. The number of aryl methyl sites for hydroxylation is 1. The fourth-order valence-electron chi connectivity index (χ4n) is 2.26. The van der Waals surface area contributed by atoms with Crippen molar-refractivity contribution in [2.75, 3.05) is 14.2 Å². The largest absolute Gasteiger partial charge is 0.497 e. The van der Waals surface area contributed by atoms with Crippen molar-refractivity contribution in [3.63, 3.8) is 0 Å². The van der Waals surface area contributed by atoms with Crippen molar-refractivity contribution in [2.45, 2.75) is 26.5 Å². The number of nitrogens with zero attached hydrogens (tertiary/aromatic N) is 1. The molecule has 2 rings (SSSR count). The van der Waals surface area contributed by atoms with Gasteiger partial charge in [-0.05, 0) is 43.7 Å². The molecule has 4 heteroatoms. The van der Waals surface area contributed by atoms with Crippen LogP contribution in [0, 0.1) is 6.92 Å². The van der Waals surface area contributed by atoms with E-state index < -0.39 is 6.10 Å². The van der Waals surface area contributed by atoms with Crippen molar-refractivity contribution in [3.05, 3.63) is 59.7 Å². The van der Waals surface area contributed by atoms with Gasteiger partial charge in [0.25, 0.3) is 5.91 Å². The first-order valence-corrected chi connectivity index (χ1v) is 7.61. The second-order valence-corrected chi connectivity index (χ2v) is 5.62. The Morgan fingerprint density at radius 3 is 2.17 bits per heavy atom. The minimum atomic E-state index is -0.543. The highest BCUT2D eigenvalue weighted by atomic mass is 16.5. The van der Waals surface area contributed by atoms with Crippen molar-refractivity contribution in [1.29, 1.82) is 0 Å². The maximum Gasteiger partial charge on any atom is 0.263 e. The van der Waals surface area contributed by atoms with E-state index in [4.69, 9.17) is 9.47 Å². The lowest BCUT2D eigenvalue weighted by Crippen LogP contribution is -2.37. The Labute approximate surface area is 137 Å². The number of ether oxygens (including phenoxy) is 2. The number of carbonyl (C=O) groups excluding carboxylic acids is 1. The molecule has 0 heterocycles. The van der Waals surface area contributed by atoms with Gasteiger partial charge in [0.1, 0.15) is 11.5 Å². The molecule has 2 aromatic rings. The van der Waals surface area contributed by atoms with E-state index in [-0.39, 0.29) is 5.91 Å². The molecule has 0 radical (unpaired) electrons. The predicted molar refractivity (Wildman–Crippen MR) is 90.7 cm³/mol. The zero-order valence-corrected chi connectivity index (χ0v) is 14.1. The van der Waals surface area contributed by atoms with Gasteiger partial charge in [0, 0.05) is 13.6 Å². The molecule has 4 nitrogen and oxygen atoms in total. The quantitative estimate of drug-likeness (QED) is 0.820. The minimum Gasteiger partial charge on any atom is -0.497 e. The van der Waals surface area contributed by atoms with E-state index >= 15 is 0 Å². The van der Waals surface area contributed by atoms with Crippen molar-refractivity contribution >= 4 is 5.91 Å². The second kappa shape index (κ2) is 7.68. The van der Waals surface area contributed by atoms with E-state index in [2.05, 4.69) is 0 Å². The van der Waals surface area contributed by atoms with Gasteiger partial charge < -0.3 is 14.4 Å². The Morgan fingerprint density at radius 1 is 1.04 bits per heavy atom. The normalized spacial score (nSPS) is 11.7. The maximum atomic E-state index is 12.4. The molecule has 23 heavy (non-hydrogen) atoms. The third-order valence-corrected chi connectivity index (χ3v) is 3.64. The second-order valence-electron chi connectivity index (χ2n) is 5.62. The minimum absolute atomic E-state index is 0.0543.